The van der Waals surface area contributed by atoms with Crippen LogP contribution in [0.25, 0.3) is 0 Å². The van der Waals surface area contributed by atoms with Gasteiger partial charge in [0.15, 0.2) is 0 Å². The molecule has 0 N–H and O–H groups in total. The average Bonchev–Trinajstić information content (AvgIpc) is 2.43. The zero-order valence-electron chi connectivity index (χ0n) is 5.15. The number of carbonyl (C=O) groups excluding carboxylic acids is 1. The van der Waals surface area contributed by atoms with E-state index in [9.17, 15) is 4.79 Å². The van der Waals surface area contributed by atoms with Crippen LogP contribution in [0.1, 0.15) is 10.8 Å². The minimum Gasteiger partial charge on any atom is -0.302 e. The second-order valence-corrected chi connectivity index (χ2v) is 2.74. The van der Waals surface area contributed by atoms with Crippen LogP contribution in [-0.2, 0) is 4.79 Å². The number of hydrogen-bond acceptors (Lipinski definition) is 3. The molecule has 1 atom stereocenters. The van der Waals surface area contributed by atoms with Crippen LogP contribution in [0.5, 0.6) is 0 Å². The van der Waals surface area contributed by atoms with Crippen LogP contribution >= 0.6 is 11.3 Å². The van der Waals surface area contributed by atoms with Gasteiger partial charge in [-0.25, -0.2) is 0 Å². The summed E-state index contributed by atoms with van der Waals surface area (Å²) in [4.78, 5) is 11.0. The van der Waals surface area contributed by atoms with E-state index in [1.807, 2.05) is 17.5 Å². The fourth-order valence-corrected chi connectivity index (χ4v) is 1.36. The molecule has 0 aliphatic heterocycles. The van der Waals surface area contributed by atoms with Crippen molar-refractivity contribution in [3.63, 3.8) is 0 Å². The molecule has 2 nitrogen and oxygen atoms in total. The molecule has 1 aromatic heterocycles. The van der Waals surface area contributed by atoms with E-state index in [0.717, 1.165) is 4.88 Å². The van der Waals surface area contributed by atoms with Crippen LogP contribution in [0.15, 0.2) is 17.5 Å². The first-order chi connectivity index (χ1) is 4.88. The topological polar surface area (TPSA) is 40.9 Å². The molecular formula is C7H5NOS. The molecule has 0 aliphatic rings. The van der Waals surface area contributed by atoms with Crippen molar-refractivity contribution < 1.29 is 4.79 Å². The maximum atomic E-state index is 10.2. The van der Waals surface area contributed by atoms with Crippen LogP contribution in [-0.4, -0.2) is 6.29 Å². The minimum atomic E-state index is -0.569. The molecule has 0 saturated carbocycles. The summed E-state index contributed by atoms with van der Waals surface area (Å²) in [7, 11) is 0. The van der Waals surface area contributed by atoms with Gasteiger partial charge in [0, 0.05) is 4.88 Å². The number of nitrogens with zero attached hydrogens (tertiary/aromatic N) is 1. The summed E-state index contributed by atoms with van der Waals surface area (Å²) in [5.41, 5.74) is 0. The van der Waals surface area contributed by atoms with Crippen molar-refractivity contribution >= 4 is 17.6 Å². The van der Waals surface area contributed by atoms with Crippen LogP contribution < -0.4 is 0 Å². The Bertz CT molecular complexity index is 247. The van der Waals surface area contributed by atoms with Crippen LogP contribution in [0, 0.1) is 11.3 Å². The molecule has 10 heavy (non-hydrogen) atoms. The van der Waals surface area contributed by atoms with E-state index in [1.165, 1.54) is 11.3 Å². The first kappa shape index (κ1) is 6.97. The molecule has 50 valence electrons. The Morgan fingerprint density at radius 1 is 1.80 bits per heavy atom. The zero-order chi connectivity index (χ0) is 7.40. The molecule has 0 bridgehead atoms. The summed E-state index contributed by atoms with van der Waals surface area (Å²) in [5, 5.41) is 10.3. The summed E-state index contributed by atoms with van der Waals surface area (Å²) in [6, 6.07) is 5.51. The van der Waals surface area contributed by atoms with Crippen molar-refractivity contribution in [3.05, 3.63) is 22.4 Å². The Morgan fingerprint density at radius 2 is 2.60 bits per heavy atom. The maximum Gasteiger partial charge on any atom is 0.142 e. The van der Waals surface area contributed by atoms with Gasteiger partial charge in [-0.2, -0.15) is 5.26 Å². The highest BCUT2D eigenvalue weighted by Crippen LogP contribution is 2.17. The third-order valence-corrected chi connectivity index (χ3v) is 2.08. The standard InChI is InChI=1S/C7H5NOS/c8-4-6(5-9)7-2-1-3-10-7/h1-3,5-6H/t6-/m1/s1. The summed E-state index contributed by atoms with van der Waals surface area (Å²) in [6.07, 6.45) is 0.659. The summed E-state index contributed by atoms with van der Waals surface area (Å²) >= 11 is 1.43. The van der Waals surface area contributed by atoms with E-state index < -0.39 is 5.92 Å². The number of nitriles is 1. The SMILES string of the molecule is N#C[C@H](C=O)c1cccs1. The van der Waals surface area contributed by atoms with E-state index in [2.05, 4.69) is 0 Å². The molecule has 0 fully saturated rings. The summed E-state index contributed by atoms with van der Waals surface area (Å²) < 4.78 is 0. The van der Waals surface area contributed by atoms with Crippen LogP contribution in [0.4, 0.5) is 0 Å². The van der Waals surface area contributed by atoms with Gasteiger partial charge in [0.1, 0.15) is 12.2 Å². The number of rotatable bonds is 2. The first-order valence-electron chi connectivity index (χ1n) is 2.77. The van der Waals surface area contributed by atoms with Crippen molar-refractivity contribution in [2.45, 2.75) is 5.92 Å². The van der Waals surface area contributed by atoms with E-state index >= 15 is 0 Å². The van der Waals surface area contributed by atoms with E-state index in [-0.39, 0.29) is 0 Å². The van der Waals surface area contributed by atoms with E-state index in [0.29, 0.717) is 6.29 Å². The Morgan fingerprint density at radius 3 is 3.00 bits per heavy atom. The minimum absolute atomic E-state index is 0.569. The second kappa shape index (κ2) is 3.14. The highest BCUT2D eigenvalue weighted by Gasteiger charge is 2.08. The van der Waals surface area contributed by atoms with Gasteiger partial charge in [0.2, 0.25) is 0 Å². The van der Waals surface area contributed by atoms with Gasteiger partial charge < -0.3 is 4.79 Å². The van der Waals surface area contributed by atoms with Gasteiger partial charge in [-0.1, -0.05) is 6.07 Å². The second-order valence-electron chi connectivity index (χ2n) is 1.76. The zero-order valence-corrected chi connectivity index (χ0v) is 5.97. The Balaban J connectivity index is 2.86. The largest absolute Gasteiger partial charge is 0.302 e. The molecule has 0 aliphatic carbocycles. The average molecular weight is 151 g/mol. The lowest BCUT2D eigenvalue weighted by atomic mass is 10.2. The molecule has 0 radical (unpaired) electrons. The van der Waals surface area contributed by atoms with E-state index in [4.69, 9.17) is 5.26 Å². The molecular weight excluding hydrogens is 146 g/mol. The highest BCUT2D eigenvalue weighted by molar-refractivity contribution is 7.10. The Labute approximate surface area is 62.7 Å². The quantitative estimate of drug-likeness (QED) is 0.602. The monoisotopic (exact) mass is 151 g/mol. The predicted molar refractivity (Wildman–Crippen MR) is 38.7 cm³/mol. The number of carbonyl (C=O) groups is 1. The molecule has 0 saturated heterocycles. The van der Waals surface area contributed by atoms with Crippen LogP contribution in [0.2, 0.25) is 0 Å². The lowest BCUT2D eigenvalue weighted by Gasteiger charge is -1.91. The first-order valence-corrected chi connectivity index (χ1v) is 3.64. The lowest BCUT2D eigenvalue weighted by Crippen LogP contribution is -1.91. The maximum absolute atomic E-state index is 10.2. The number of thiophene rings is 1. The fraction of sp³-hybridized carbons (Fsp3) is 0.143. The molecule has 0 aromatic carbocycles. The fourth-order valence-electron chi connectivity index (χ4n) is 0.629. The summed E-state index contributed by atoms with van der Waals surface area (Å²) in [6.45, 7) is 0. The van der Waals surface area contributed by atoms with Gasteiger partial charge in [0.25, 0.3) is 0 Å². The normalized spacial score (nSPS) is 11.9. The van der Waals surface area contributed by atoms with Gasteiger partial charge in [0.05, 0.1) is 6.07 Å². The lowest BCUT2D eigenvalue weighted by molar-refractivity contribution is -0.108. The third-order valence-electron chi connectivity index (χ3n) is 1.12. The van der Waals surface area contributed by atoms with Gasteiger partial charge in [-0.3, -0.25) is 0 Å². The molecule has 1 heterocycles. The predicted octanol–water partition coefficient (Wildman–Crippen LogP) is 1.55. The molecule has 0 spiro atoms. The summed E-state index contributed by atoms with van der Waals surface area (Å²) in [5.74, 6) is -0.569. The van der Waals surface area contributed by atoms with Crippen molar-refractivity contribution in [2.75, 3.05) is 0 Å². The van der Waals surface area contributed by atoms with Crippen molar-refractivity contribution in [1.82, 2.24) is 0 Å². The van der Waals surface area contributed by atoms with Crippen molar-refractivity contribution in [2.24, 2.45) is 0 Å². The van der Waals surface area contributed by atoms with Gasteiger partial charge in [-0.15, -0.1) is 11.3 Å². The number of aldehydes is 1. The van der Waals surface area contributed by atoms with Gasteiger partial charge in [-0.05, 0) is 11.4 Å². The van der Waals surface area contributed by atoms with E-state index in [1.54, 1.807) is 6.07 Å². The smallest absolute Gasteiger partial charge is 0.142 e. The molecule has 0 amide bonds. The van der Waals surface area contributed by atoms with Crippen LogP contribution in [0.3, 0.4) is 0 Å². The third kappa shape index (κ3) is 1.23. The Kier molecular flexibility index (Phi) is 2.19. The van der Waals surface area contributed by atoms with Gasteiger partial charge >= 0.3 is 0 Å². The highest BCUT2D eigenvalue weighted by atomic mass is 32.1. The number of hydrogen-bond donors (Lipinski definition) is 0. The molecule has 1 rings (SSSR count). The molecule has 3 heteroatoms. The van der Waals surface area contributed by atoms with Crippen molar-refractivity contribution in [3.8, 4) is 6.07 Å². The molecule has 0 unspecified atom stereocenters. The molecule has 1 aromatic rings. The Hall–Kier alpha value is -1.14. The van der Waals surface area contributed by atoms with Crippen molar-refractivity contribution in [1.29, 1.82) is 5.26 Å².